The van der Waals surface area contributed by atoms with E-state index in [4.69, 9.17) is 11.6 Å². The fourth-order valence-electron chi connectivity index (χ4n) is 3.63. The molecule has 4 nitrogen and oxygen atoms in total. The van der Waals surface area contributed by atoms with Crippen LogP contribution in [-0.2, 0) is 6.54 Å². The van der Waals surface area contributed by atoms with Gasteiger partial charge in [-0.05, 0) is 43.5 Å². The summed E-state index contributed by atoms with van der Waals surface area (Å²) in [5.41, 5.74) is 2.64. The van der Waals surface area contributed by atoms with Gasteiger partial charge in [-0.15, -0.1) is 12.4 Å². The third kappa shape index (κ3) is 2.90. The summed E-state index contributed by atoms with van der Waals surface area (Å²) in [6.07, 6.45) is 6.66. The molecule has 1 unspecified atom stereocenters. The summed E-state index contributed by atoms with van der Waals surface area (Å²) in [7, 11) is 0. The van der Waals surface area contributed by atoms with Gasteiger partial charge in [-0.3, -0.25) is 4.90 Å². The molecule has 2 aliphatic heterocycles. The van der Waals surface area contributed by atoms with Crippen LogP contribution in [0.15, 0.2) is 24.5 Å². The number of fused-ring (bicyclic) bond motifs is 1. The number of hydrogen-bond acceptors (Lipinski definition) is 3. The summed E-state index contributed by atoms with van der Waals surface area (Å²) in [6.45, 7) is 5.71. The molecule has 0 saturated carbocycles. The molecule has 1 spiro atoms. The van der Waals surface area contributed by atoms with Crippen molar-refractivity contribution in [2.75, 3.05) is 26.2 Å². The van der Waals surface area contributed by atoms with Gasteiger partial charge in [0.1, 0.15) is 5.65 Å². The number of hydrogen-bond donors (Lipinski definition) is 1. The second-order valence-electron chi connectivity index (χ2n) is 6.23. The highest BCUT2D eigenvalue weighted by molar-refractivity contribution is 6.30. The molecule has 0 aliphatic carbocycles. The number of nitrogens with one attached hydrogen (secondary N) is 1. The first-order valence-electron chi connectivity index (χ1n) is 7.29. The fraction of sp³-hybridized carbons (Fsp3) is 0.533. The second-order valence-corrected chi connectivity index (χ2v) is 6.67. The Kier molecular flexibility index (Phi) is 4.14. The number of rotatable bonds is 2. The Morgan fingerprint density at radius 3 is 3.00 bits per heavy atom. The molecule has 2 aromatic rings. The van der Waals surface area contributed by atoms with E-state index in [9.17, 15) is 0 Å². The largest absolute Gasteiger partial charge is 0.316 e. The van der Waals surface area contributed by atoms with Crippen LogP contribution in [0.3, 0.4) is 0 Å². The average Bonchev–Trinajstić information content (AvgIpc) is 3.12. The summed E-state index contributed by atoms with van der Waals surface area (Å²) < 4.78 is 2.01. The Labute approximate surface area is 135 Å². The molecule has 21 heavy (non-hydrogen) atoms. The van der Waals surface area contributed by atoms with Crippen LogP contribution < -0.4 is 5.32 Å². The summed E-state index contributed by atoms with van der Waals surface area (Å²) in [5, 5.41) is 4.25. The van der Waals surface area contributed by atoms with Gasteiger partial charge >= 0.3 is 0 Å². The number of halogens is 2. The highest BCUT2D eigenvalue weighted by atomic mass is 35.5. The Hall–Kier alpha value is -0.810. The van der Waals surface area contributed by atoms with Gasteiger partial charge in [0.05, 0.1) is 10.7 Å². The standard InChI is InChI=1S/C15H19ClN4.ClH/c16-12-1-2-14-18-13(9-20(14)7-12)8-19-6-4-15(11-19)3-5-17-10-15;/h1-2,7,9,17H,3-6,8,10-11H2;1H. The minimum atomic E-state index is 0. The summed E-state index contributed by atoms with van der Waals surface area (Å²) >= 11 is 6.01. The van der Waals surface area contributed by atoms with Crippen LogP contribution in [-0.4, -0.2) is 40.5 Å². The number of pyridine rings is 1. The Morgan fingerprint density at radius 2 is 2.19 bits per heavy atom. The summed E-state index contributed by atoms with van der Waals surface area (Å²) in [6, 6.07) is 3.86. The lowest BCUT2D eigenvalue weighted by Crippen LogP contribution is -2.29. The van der Waals surface area contributed by atoms with E-state index in [1.165, 1.54) is 39.0 Å². The van der Waals surface area contributed by atoms with Gasteiger partial charge in [-0.25, -0.2) is 4.98 Å². The molecule has 2 aliphatic rings. The average molecular weight is 327 g/mol. The van der Waals surface area contributed by atoms with Gasteiger partial charge in [-0.1, -0.05) is 11.6 Å². The molecule has 1 atom stereocenters. The lowest BCUT2D eigenvalue weighted by molar-refractivity contribution is 0.267. The first-order valence-corrected chi connectivity index (χ1v) is 7.67. The molecule has 114 valence electrons. The maximum absolute atomic E-state index is 6.01. The highest BCUT2D eigenvalue weighted by Crippen LogP contribution is 2.36. The third-order valence-electron chi connectivity index (χ3n) is 4.70. The van der Waals surface area contributed by atoms with Gasteiger partial charge in [0, 0.05) is 32.0 Å². The lowest BCUT2D eigenvalue weighted by atomic mass is 9.87. The summed E-state index contributed by atoms with van der Waals surface area (Å²) in [4.78, 5) is 7.22. The van der Waals surface area contributed by atoms with E-state index < -0.39 is 0 Å². The van der Waals surface area contributed by atoms with Crippen LogP contribution in [0.1, 0.15) is 18.5 Å². The quantitative estimate of drug-likeness (QED) is 0.920. The van der Waals surface area contributed by atoms with Crippen LogP contribution in [0.5, 0.6) is 0 Å². The summed E-state index contributed by atoms with van der Waals surface area (Å²) in [5.74, 6) is 0. The highest BCUT2D eigenvalue weighted by Gasteiger charge is 2.40. The minimum absolute atomic E-state index is 0. The molecule has 4 heterocycles. The molecule has 0 aromatic carbocycles. The Balaban J connectivity index is 0.00000132. The topological polar surface area (TPSA) is 32.6 Å². The number of aromatic nitrogens is 2. The van der Waals surface area contributed by atoms with E-state index in [1.807, 2.05) is 22.7 Å². The molecule has 2 saturated heterocycles. The monoisotopic (exact) mass is 326 g/mol. The van der Waals surface area contributed by atoms with E-state index in [0.29, 0.717) is 5.41 Å². The van der Waals surface area contributed by atoms with Gasteiger partial charge in [0.15, 0.2) is 0 Å². The van der Waals surface area contributed by atoms with Crippen molar-refractivity contribution >= 4 is 29.7 Å². The number of nitrogens with zero attached hydrogens (tertiary/aromatic N) is 3. The van der Waals surface area contributed by atoms with Crippen molar-refractivity contribution in [2.24, 2.45) is 5.41 Å². The van der Waals surface area contributed by atoms with Crippen molar-refractivity contribution in [3.05, 3.63) is 35.2 Å². The molecule has 0 radical (unpaired) electrons. The van der Waals surface area contributed by atoms with E-state index in [2.05, 4.69) is 21.4 Å². The van der Waals surface area contributed by atoms with E-state index >= 15 is 0 Å². The van der Waals surface area contributed by atoms with Crippen LogP contribution in [0.2, 0.25) is 5.02 Å². The molecular formula is C15H20Cl2N4. The van der Waals surface area contributed by atoms with Crippen molar-refractivity contribution in [2.45, 2.75) is 19.4 Å². The molecule has 4 rings (SSSR count). The van der Waals surface area contributed by atoms with Crippen molar-refractivity contribution in [3.63, 3.8) is 0 Å². The first-order chi connectivity index (χ1) is 9.72. The maximum Gasteiger partial charge on any atom is 0.137 e. The Bertz CT molecular complexity index is 634. The van der Waals surface area contributed by atoms with Crippen molar-refractivity contribution in [3.8, 4) is 0 Å². The molecule has 2 aromatic heterocycles. The predicted octanol–water partition coefficient (Wildman–Crippen LogP) is 2.59. The van der Waals surface area contributed by atoms with E-state index in [0.717, 1.165) is 22.9 Å². The van der Waals surface area contributed by atoms with Crippen LogP contribution in [0.25, 0.3) is 5.65 Å². The molecule has 1 N–H and O–H groups in total. The van der Waals surface area contributed by atoms with Gasteiger partial charge in [0.2, 0.25) is 0 Å². The SMILES string of the molecule is Cl.Clc1ccc2nc(CN3CCC4(CCNC4)C3)cn2c1. The first kappa shape index (κ1) is 15.1. The van der Waals surface area contributed by atoms with Crippen molar-refractivity contribution in [1.29, 1.82) is 0 Å². The van der Waals surface area contributed by atoms with Gasteiger partial charge in [0.25, 0.3) is 0 Å². The molecular weight excluding hydrogens is 307 g/mol. The van der Waals surface area contributed by atoms with E-state index in [1.54, 1.807) is 0 Å². The lowest BCUT2D eigenvalue weighted by Gasteiger charge is -2.22. The van der Waals surface area contributed by atoms with Gasteiger partial charge < -0.3 is 9.72 Å². The number of likely N-dealkylation sites (tertiary alicyclic amines) is 1. The number of imidazole rings is 1. The predicted molar refractivity (Wildman–Crippen MR) is 87.3 cm³/mol. The molecule has 2 fully saturated rings. The minimum Gasteiger partial charge on any atom is -0.316 e. The maximum atomic E-state index is 6.01. The van der Waals surface area contributed by atoms with Crippen LogP contribution in [0.4, 0.5) is 0 Å². The van der Waals surface area contributed by atoms with E-state index in [-0.39, 0.29) is 12.4 Å². The zero-order chi connectivity index (χ0) is 13.6. The van der Waals surface area contributed by atoms with Crippen LogP contribution in [0, 0.1) is 5.41 Å². The fourth-order valence-corrected chi connectivity index (χ4v) is 3.80. The molecule has 0 amide bonds. The van der Waals surface area contributed by atoms with Crippen molar-refractivity contribution in [1.82, 2.24) is 19.6 Å². The van der Waals surface area contributed by atoms with Crippen LogP contribution >= 0.6 is 24.0 Å². The zero-order valence-electron chi connectivity index (χ0n) is 11.9. The van der Waals surface area contributed by atoms with Gasteiger partial charge in [-0.2, -0.15) is 0 Å². The zero-order valence-corrected chi connectivity index (χ0v) is 13.5. The Morgan fingerprint density at radius 1 is 1.29 bits per heavy atom. The third-order valence-corrected chi connectivity index (χ3v) is 4.92. The molecule has 6 heteroatoms. The molecule has 0 bridgehead atoms. The smallest absolute Gasteiger partial charge is 0.137 e. The second kappa shape index (κ2) is 5.76. The van der Waals surface area contributed by atoms with Crippen molar-refractivity contribution < 1.29 is 0 Å². The normalized spacial score (nSPS) is 25.8.